The van der Waals surface area contributed by atoms with Crippen molar-refractivity contribution in [2.75, 3.05) is 13.2 Å². The second-order valence-corrected chi connectivity index (χ2v) is 5.23. The van der Waals surface area contributed by atoms with Crippen LogP contribution in [-0.4, -0.2) is 29.9 Å². The SMILES string of the molecule is CCNC(=O)COc1cccc(/C=C/C(=O)NCc2cccnc2)c1. The number of likely N-dealkylation sites (N-methyl/N-ethyl adjacent to an activating group) is 1. The van der Waals surface area contributed by atoms with Crippen molar-refractivity contribution in [3.8, 4) is 5.75 Å². The van der Waals surface area contributed by atoms with Gasteiger partial charge >= 0.3 is 0 Å². The van der Waals surface area contributed by atoms with Crippen molar-refractivity contribution in [3.05, 3.63) is 66.0 Å². The number of amides is 2. The van der Waals surface area contributed by atoms with Crippen LogP contribution in [0, 0.1) is 0 Å². The van der Waals surface area contributed by atoms with Gasteiger partial charge in [0.15, 0.2) is 6.61 Å². The van der Waals surface area contributed by atoms with E-state index in [0.29, 0.717) is 18.8 Å². The molecule has 25 heavy (non-hydrogen) atoms. The lowest BCUT2D eigenvalue weighted by Crippen LogP contribution is -2.28. The molecule has 0 unspecified atom stereocenters. The average Bonchev–Trinajstić information content (AvgIpc) is 2.64. The zero-order valence-corrected chi connectivity index (χ0v) is 14.1. The van der Waals surface area contributed by atoms with Gasteiger partial charge in [-0.15, -0.1) is 0 Å². The van der Waals surface area contributed by atoms with Gasteiger partial charge < -0.3 is 15.4 Å². The van der Waals surface area contributed by atoms with Gasteiger partial charge in [-0.2, -0.15) is 0 Å². The van der Waals surface area contributed by atoms with E-state index in [1.165, 1.54) is 6.08 Å². The van der Waals surface area contributed by atoms with Crippen LogP contribution < -0.4 is 15.4 Å². The predicted octanol–water partition coefficient (Wildman–Crippen LogP) is 1.93. The molecular formula is C19H21N3O3. The molecule has 2 aromatic rings. The summed E-state index contributed by atoms with van der Waals surface area (Å²) in [6.07, 6.45) is 6.54. The zero-order valence-electron chi connectivity index (χ0n) is 14.1. The molecule has 1 aromatic carbocycles. The van der Waals surface area contributed by atoms with Crippen molar-refractivity contribution in [3.63, 3.8) is 0 Å². The molecule has 0 aliphatic rings. The number of nitrogens with one attached hydrogen (secondary N) is 2. The van der Waals surface area contributed by atoms with Gasteiger partial charge in [-0.1, -0.05) is 18.2 Å². The summed E-state index contributed by atoms with van der Waals surface area (Å²) in [5.74, 6) is 0.208. The molecule has 6 heteroatoms. The van der Waals surface area contributed by atoms with Crippen molar-refractivity contribution in [1.29, 1.82) is 0 Å². The number of carbonyl (C=O) groups is 2. The minimum atomic E-state index is -0.197. The van der Waals surface area contributed by atoms with E-state index in [-0.39, 0.29) is 18.4 Å². The fraction of sp³-hybridized carbons (Fsp3) is 0.211. The molecule has 0 bridgehead atoms. The number of hydrogen-bond acceptors (Lipinski definition) is 4. The summed E-state index contributed by atoms with van der Waals surface area (Å²) >= 11 is 0. The van der Waals surface area contributed by atoms with Crippen LogP contribution in [0.15, 0.2) is 54.9 Å². The van der Waals surface area contributed by atoms with Gasteiger partial charge in [0, 0.05) is 31.6 Å². The fourth-order valence-electron chi connectivity index (χ4n) is 2.03. The van der Waals surface area contributed by atoms with Crippen LogP contribution in [0.2, 0.25) is 0 Å². The number of carbonyl (C=O) groups excluding carboxylic acids is 2. The lowest BCUT2D eigenvalue weighted by Gasteiger charge is -2.06. The first-order chi connectivity index (χ1) is 12.2. The Morgan fingerprint density at radius 2 is 2.08 bits per heavy atom. The standard InChI is InChI=1S/C19H21N3O3/c1-2-21-19(24)14-25-17-7-3-5-15(11-17)8-9-18(23)22-13-16-6-4-10-20-12-16/h3-12H,2,13-14H2,1H3,(H,21,24)(H,22,23)/b9-8+. The summed E-state index contributed by atoms with van der Waals surface area (Å²) in [4.78, 5) is 27.3. The first-order valence-electron chi connectivity index (χ1n) is 8.01. The Balaban J connectivity index is 1.84. The van der Waals surface area contributed by atoms with E-state index in [1.807, 2.05) is 25.1 Å². The van der Waals surface area contributed by atoms with E-state index >= 15 is 0 Å². The van der Waals surface area contributed by atoms with Crippen molar-refractivity contribution < 1.29 is 14.3 Å². The maximum Gasteiger partial charge on any atom is 0.257 e. The molecular weight excluding hydrogens is 318 g/mol. The number of aromatic nitrogens is 1. The minimum Gasteiger partial charge on any atom is -0.484 e. The summed E-state index contributed by atoms with van der Waals surface area (Å²) in [5.41, 5.74) is 1.75. The molecule has 0 radical (unpaired) electrons. The Labute approximate surface area is 146 Å². The highest BCUT2D eigenvalue weighted by Gasteiger charge is 2.02. The van der Waals surface area contributed by atoms with Gasteiger partial charge in [0.1, 0.15) is 5.75 Å². The Morgan fingerprint density at radius 1 is 1.20 bits per heavy atom. The molecule has 0 fully saturated rings. The zero-order chi connectivity index (χ0) is 17.9. The summed E-state index contributed by atoms with van der Waals surface area (Å²) in [6, 6.07) is 10.9. The first-order valence-corrected chi connectivity index (χ1v) is 8.01. The van der Waals surface area contributed by atoms with E-state index < -0.39 is 0 Å². The predicted molar refractivity (Wildman–Crippen MR) is 95.7 cm³/mol. The van der Waals surface area contributed by atoms with Gasteiger partial charge in [-0.3, -0.25) is 14.6 Å². The summed E-state index contributed by atoms with van der Waals surface area (Å²) in [7, 11) is 0. The summed E-state index contributed by atoms with van der Waals surface area (Å²) in [6.45, 7) is 2.81. The lowest BCUT2D eigenvalue weighted by molar-refractivity contribution is -0.123. The van der Waals surface area contributed by atoms with Crippen molar-refractivity contribution in [1.82, 2.24) is 15.6 Å². The van der Waals surface area contributed by atoms with Crippen molar-refractivity contribution >= 4 is 17.9 Å². The Morgan fingerprint density at radius 3 is 2.84 bits per heavy atom. The Kier molecular flexibility index (Phi) is 7.18. The summed E-state index contributed by atoms with van der Waals surface area (Å²) < 4.78 is 5.42. The molecule has 130 valence electrons. The molecule has 2 amide bonds. The van der Waals surface area contributed by atoms with Gasteiger partial charge in [-0.25, -0.2) is 0 Å². The normalized spacial score (nSPS) is 10.4. The van der Waals surface area contributed by atoms with Crippen LogP contribution in [0.4, 0.5) is 0 Å². The van der Waals surface area contributed by atoms with Crippen LogP contribution >= 0.6 is 0 Å². The molecule has 0 atom stereocenters. The average molecular weight is 339 g/mol. The first kappa shape index (κ1) is 18.2. The molecule has 2 rings (SSSR count). The Hall–Kier alpha value is -3.15. The maximum atomic E-state index is 11.9. The monoisotopic (exact) mass is 339 g/mol. The number of benzene rings is 1. The molecule has 1 aromatic heterocycles. The highest BCUT2D eigenvalue weighted by Crippen LogP contribution is 2.14. The van der Waals surface area contributed by atoms with Crippen LogP contribution in [0.3, 0.4) is 0 Å². The van der Waals surface area contributed by atoms with Crippen LogP contribution in [-0.2, 0) is 16.1 Å². The topological polar surface area (TPSA) is 80.3 Å². The van der Waals surface area contributed by atoms with E-state index in [1.54, 1.807) is 36.7 Å². The molecule has 6 nitrogen and oxygen atoms in total. The quantitative estimate of drug-likeness (QED) is 0.720. The molecule has 0 spiro atoms. The molecule has 2 N–H and O–H groups in total. The van der Waals surface area contributed by atoms with Crippen LogP contribution in [0.25, 0.3) is 6.08 Å². The molecule has 0 saturated heterocycles. The van der Waals surface area contributed by atoms with E-state index in [0.717, 1.165) is 11.1 Å². The number of ether oxygens (including phenoxy) is 1. The second kappa shape index (κ2) is 9.87. The van der Waals surface area contributed by atoms with Crippen LogP contribution in [0.1, 0.15) is 18.1 Å². The number of pyridine rings is 1. The van der Waals surface area contributed by atoms with Gasteiger partial charge in [0.2, 0.25) is 5.91 Å². The maximum absolute atomic E-state index is 11.9. The van der Waals surface area contributed by atoms with E-state index in [2.05, 4.69) is 15.6 Å². The van der Waals surface area contributed by atoms with Crippen LogP contribution in [0.5, 0.6) is 5.75 Å². The van der Waals surface area contributed by atoms with E-state index in [4.69, 9.17) is 4.74 Å². The third-order valence-electron chi connectivity index (χ3n) is 3.22. The second-order valence-electron chi connectivity index (χ2n) is 5.23. The smallest absolute Gasteiger partial charge is 0.257 e. The third kappa shape index (κ3) is 6.87. The Bertz CT molecular complexity index is 730. The number of rotatable bonds is 8. The lowest BCUT2D eigenvalue weighted by atomic mass is 10.2. The van der Waals surface area contributed by atoms with E-state index in [9.17, 15) is 9.59 Å². The number of nitrogens with zero attached hydrogens (tertiary/aromatic N) is 1. The number of hydrogen-bond donors (Lipinski definition) is 2. The fourth-order valence-corrected chi connectivity index (χ4v) is 2.03. The molecule has 1 heterocycles. The van der Waals surface area contributed by atoms with Crippen molar-refractivity contribution in [2.45, 2.75) is 13.5 Å². The summed E-state index contributed by atoms with van der Waals surface area (Å²) in [5, 5.41) is 5.45. The molecule has 0 aliphatic heterocycles. The largest absolute Gasteiger partial charge is 0.484 e. The highest BCUT2D eigenvalue weighted by molar-refractivity contribution is 5.91. The molecule has 0 saturated carbocycles. The minimum absolute atomic E-state index is 0.0351. The van der Waals surface area contributed by atoms with Gasteiger partial charge in [-0.05, 0) is 42.3 Å². The third-order valence-corrected chi connectivity index (χ3v) is 3.22. The van der Waals surface area contributed by atoms with Crippen molar-refractivity contribution in [2.24, 2.45) is 0 Å². The van der Waals surface area contributed by atoms with Gasteiger partial charge in [0.25, 0.3) is 5.91 Å². The highest BCUT2D eigenvalue weighted by atomic mass is 16.5. The molecule has 0 aliphatic carbocycles. The van der Waals surface area contributed by atoms with Gasteiger partial charge in [0.05, 0.1) is 0 Å².